The molecule has 0 aliphatic heterocycles. The van der Waals surface area contributed by atoms with Crippen molar-refractivity contribution in [1.82, 2.24) is 4.98 Å². The van der Waals surface area contributed by atoms with Gasteiger partial charge in [0.2, 0.25) is 0 Å². The fourth-order valence-electron chi connectivity index (χ4n) is 1.42. The molecule has 1 nitrogen and oxygen atoms in total. The lowest BCUT2D eigenvalue weighted by Crippen LogP contribution is -1.86. The Hall–Kier alpha value is -1.08. The minimum absolute atomic E-state index is 0.725. The van der Waals surface area contributed by atoms with Crippen LogP contribution in [0.3, 0.4) is 0 Å². The summed E-state index contributed by atoms with van der Waals surface area (Å²) in [6.07, 6.45) is 0. The van der Waals surface area contributed by atoms with Crippen LogP contribution in [0.4, 0.5) is 0 Å². The molecule has 0 bridgehead atoms. The van der Waals surface area contributed by atoms with E-state index < -0.39 is 0 Å². The second-order valence-corrected chi connectivity index (χ2v) is 3.52. The highest BCUT2D eigenvalue weighted by Crippen LogP contribution is 2.21. The molecule has 2 rings (SSSR count). The van der Waals surface area contributed by atoms with Gasteiger partial charge in [0.05, 0.1) is 5.52 Å². The molecule has 65 valence electrons. The topological polar surface area (TPSA) is 12.9 Å². The first-order chi connectivity index (χ1) is 6.16. The fraction of sp³-hybridized carbons (Fsp3) is 0.0909. The van der Waals surface area contributed by atoms with Crippen molar-refractivity contribution < 1.29 is 0 Å². The number of nitrogens with zero attached hydrogens (tertiary/aromatic N) is 1. The molecule has 2 aromatic rings. The maximum Gasteiger partial charge on any atom is 0.0708 e. The van der Waals surface area contributed by atoms with Gasteiger partial charge in [0.25, 0.3) is 0 Å². The maximum atomic E-state index is 5.87. The third-order valence-corrected chi connectivity index (χ3v) is 2.22. The highest BCUT2D eigenvalue weighted by atomic mass is 35.5. The number of halogens is 1. The number of rotatable bonds is 0. The van der Waals surface area contributed by atoms with Crippen molar-refractivity contribution in [3.8, 4) is 0 Å². The average Bonchev–Trinajstić information content (AvgIpc) is 2.06. The summed E-state index contributed by atoms with van der Waals surface area (Å²) in [7, 11) is 0. The van der Waals surface area contributed by atoms with Gasteiger partial charge in [0.15, 0.2) is 0 Å². The molecule has 1 aromatic carbocycles. The molecule has 0 aliphatic carbocycles. The Morgan fingerprint density at radius 3 is 2.85 bits per heavy atom. The molecule has 0 aliphatic rings. The van der Waals surface area contributed by atoms with Crippen LogP contribution in [0.1, 0.15) is 11.3 Å². The highest BCUT2D eigenvalue weighted by Gasteiger charge is 2.00. The molecule has 0 amide bonds. The van der Waals surface area contributed by atoms with Gasteiger partial charge in [0.1, 0.15) is 0 Å². The number of hydrogen-bond donors (Lipinski definition) is 0. The van der Waals surface area contributed by atoms with E-state index in [0.29, 0.717) is 0 Å². The molecule has 2 heteroatoms. The molecule has 0 unspecified atom stereocenters. The Kier molecular flexibility index (Phi) is 1.97. The van der Waals surface area contributed by atoms with Gasteiger partial charge >= 0.3 is 0 Å². The van der Waals surface area contributed by atoms with Crippen molar-refractivity contribution in [3.05, 3.63) is 47.5 Å². The zero-order chi connectivity index (χ0) is 9.42. The minimum atomic E-state index is 0.725. The van der Waals surface area contributed by atoms with Crippen LogP contribution in [0.2, 0.25) is 5.02 Å². The van der Waals surface area contributed by atoms with Crippen molar-refractivity contribution in [1.29, 1.82) is 0 Å². The van der Waals surface area contributed by atoms with Crippen molar-refractivity contribution in [2.24, 2.45) is 0 Å². The highest BCUT2D eigenvalue weighted by molar-refractivity contribution is 6.31. The lowest BCUT2D eigenvalue weighted by molar-refractivity contribution is 1.25. The van der Waals surface area contributed by atoms with Gasteiger partial charge in [-0.15, -0.1) is 0 Å². The second kappa shape index (κ2) is 3.00. The lowest BCUT2D eigenvalue weighted by atomic mass is 10.1. The zero-order valence-electron chi connectivity index (χ0n) is 7.34. The first kappa shape index (κ1) is 8.52. The van der Waals surface area contributed by atoms with Crippen molar-refractivity contribution in [2.75, 3.05) is 0 Å². The number of aryl methyl sites for hydroxylation is 1. The third-order valence-electron chi connectivity index (χ3n) is 1.98. The summed E-state index contributed by atoms with van der Waals surface area (Å²) in [6.45, 7) is 5.91. The van der Waals surface area contributed by atoms with Gasteiger partial charge in [-0.3, -0.25) is 4.98 Å². The predicted octanol–water partition coefficient (Wildman–Crippen LogP) is 3.38. The Labute approximate surface area is 82.4 Å². The van der Waals surface area contributed by atoms with E-state index in [1.807, 2.05) is 31.2 Å². The molecule has 0 atom stereocenters. The molecule has 0 N–H and O–H groups in total. The zero-order valence-corrected chi connectivity index (χ0v) is 8.10. The molecule has 0 saturated carbocycles. The quantitative estimate of drug-likeness (QED) is 0.621. The van der Waals surface area contributed by atoms with Crippen LogP contribution in [0.5, 0.6) is 0 Å². The summed E-state index contributed by atoms with van der Waals surface area (Å²) in [5.41, 5.74) is 2.92. The maximum absolute atomic E-state index is 5.87. The van der Waals surface area contributed by atoms with E-state index >= 15 is 0 Å². The third kappa shape index (κ3) is 1.52. The second-order valence-electron chi connectivity index (χ2n) is 3.08. The molecule has 13 heavy (non-hydrogen) atoms. The Morgan fingerprint density at radius 2 is 2.08 bits per heavy atom. The molecule has 0 saturated heterocycles. The average molecular weight is 191 g/mol. The smallest absolute Gasteiger partial charge is 0.0708 e. The van der Waals surface area contributed by atoms with Crippen LogP contribution >= 0.6 is 11.6 Å². The molecule has 0 spiro atoms. The summed E-state index contributed by atoms with van der Waals surface area (Å²) in [4.78, 5) is 4.38. The molecule has 1 radical (unpaired) electrons. The lowest BCUT2D eigenvalue weighted by Gasteiger charge is -2.03. The number of benzene rings is 1. The van der Waals surface area contributed by atoms with Crippen molar-refractivity contribution in [3.63, 3.8) is 0 Å². The van der Waals surface area contributed by atoms with Crippen LogP contribution in [0.15, 0.2) is 24.3 Å². The summed E-state index contributed by atoms with van der Waals surface area (Å²) < 4.78 is 0. The number of hydrogen-bond acceptors (Lipinski definition) is 1. The molecular weight excluding hydrogens is 182 g/mol. The first-order valence-electron chi connectivity index (χ1n) is 4.06. The van der Waals surface area contributed by atoms with Crippen molar-refractivity contribution >= 4 is 22.5 Å². The van der Waals surface area contributed by atoms with Crippen LogP contribution < -0.4 is 0 Å². The number of pyridine rings is 1. The summed E-state index contributed by atoms with van der Waals surface area (Å²) in [5, 5.41) is 1.75. The van der Waals surface area contributed by atoms with Crippen LogP contribution in [0, 0.1) is 13.8 Å². The number of aromatic nitrogens is 1. The normalized spacial score (nSPS) is 10.7. The van der Waals surface area contributed by atoms with E-state index in [1.165, 1.54) is 0 Å². The van der Waals surface area contributed by atoms with E-state index in [1.54, 1.807) is 0 Å². The van der Waals surface area contributed by atoms with E-state index in [0.717, 1.165) is 27.2 Å². The van der Waals surface area contributed by atoms with Crippen molar-refractivity contribution in [2.45, 2.75) is 6.92 Å². The van der Waals surface area contributed by atoms with Gasteiger partial charge in [-0.25, -0.2) is 0 Å². The molecule has 0 fully saturated rings. The molecule has 1 aromatic heterocycles. The SMILES string of the molecule is [CH2]c1cc(C)nc2ccc(Cl)cc12. The van der Waals surface area contributed by atoms with Gasteiger partial charge in [-0.1, -0.05) is 11.6 Å². The summed E-state index contributed by atoms with van der Waals surface area (Å²) in [6, 6.07) is 7.61. The Balaban J connectivity index is 2.87. The van der Waals surface area contributed by atoms with E-state index in [2.05, 4.69) is 11.9 Å². The number of fused-ring (bicyclic) bond motifs is 1. The van der Waals surface area contributed by atoms with Gasteiger partial charge in [-0.05, 0) is 43.7 Å². The largest absolute Gasteiger partial charge is 0.253 e. The van der Waals surface area contributed by atoms with E-state index in [-0.39, 0.29) is 0 Å². The Morgan fingerprint density at radius 1 is 1.31 bits per heavy atom. The minimum Gasteiger partial charge on any atom is -0.253 e. The predicted molar refractivity (Wildman–Crippen MR) is 55.9 cm³/mol. The van der Waals surface area contributed by atoms with Crippen LogP contribution in [-0.4, -0.2) is 4.98 Å². The van der Waals surface area contributed by atoms with E-state index in [9.17, 15) is 0 Å². The Bertz CT molecular complexity index is 463. The molecule has 1 heterocycles. The summed E-state index contributed by atoms with van der Waals surface area (Å²) >= 11 is 5.87. The van der Waals surface area contributed by atoms with Gasteiger partial charge in [0, 0.05) is 16.1 Å². The van der Waals surface area contributed by atoms with Crippen LogP contribution in [-0.2, 0) is 0 Å². The monoisotopic (exact) mass is 190 g/mol. The molecular formula is C11H9ClN. The van der Waals surface area contributed by atoms with E-state index in [4.69, 9.17) is 11.6 Å². The summed E-state index contributed by atoms with van der Waals surface area (Å²) in [5.74, 6) is 0. The standard InChI is InChI=1S/C11H9ClN/c1-7-5-8(2)13-11-4-3-9(12)6-10(7)11/h3-6H,1H2,2H3. The van der Waals surface area contributed by atoms with Gasteiger partial charge in [-0.2, -0.15) is 0 Å². The van der Waals surface area contributed by atoms with Crippen LogP contribution in [0.25, 0.3) is 10.9 Å². The first-order valence-corrected chi connectivity index (χ1v) is 4.43. The van der Waals surface area contributed by atoms with Gasteiger partial charge < -0.3 is 0 Å². The fourth-order valence-corrected chi connectivity index (χ4v) is 1.59.